The normalized spacial score (nSPS) is 18.8. The van der Waals surface area contributed by atoms with Gasteiger partial charge in [-0.25, -0.2) is 0 Å². The number of rotatable bonds is 7. The minimum absolute atomic E-state index is 0.0315. The molecule has 0 saturated heterocycles. The summed E-state index contributed by atoms with van der Waals surface area (Å²) < 4.78 is 11.3. The van der Waals surface area contributed by atoms with E-state index in [9.17, 15) is 10.4 Å². The first-order valence-electron chi connectivity index (χ1n) is 12.0. The van der Waals surface area contributed by atoms with Gasteiger partial charge in [0.1, 0.15) is 51.1 Å². The molecule has 12 heteroatoms. The highest BCUT2D eigenvalue weighted by Crippen LogP contribution is 2.51. The molecule has 0 fully saturated rings. The van der Waals surface area contributed by atoms with E-state index in [2.05, 4.69) is 51.1 Å². The van der Waals surface area contributed by atoms with Crippen molar-refractivity contribution in [1.82, 2.24) is 15.5 Å². The van der Waals surface area contributed by atoms with Gasteiger partial charge in [-0.2, -0.15) is 10.2 Å². The third-order valence-electron chi connectivity index (χ3n) is 6.94. The van der Waals surface area contributed by atoms with Crippen molar-refractivity contribution in [3.8, 4) is 34.7 Å². The van der Waals surface area contributed by atoms with Gasteiger partial charge in [-0.15, -0.1) is 0 Å². The van der Waals surface area contributed by atoms with Crippen LogP contribution in [0, 0.1) is 11.3 Å². The topological polar surface area (TPSA) is 104 Å². The molecule has 174 valence electrons. The molecule has 1 heterocycles. The first-order chi connectivity index (χ1) is 16.3. The molecule has 4 rings (SSSR count). The van der Waals surface area contributed by atoms with Crippen molar-refractivity contribution in [3.05, 3.63) is 53.1 Å². The van der Waals surface area contributed by atoms with E-state index in [4.69, 9.17) is 9.26 Å². The third-order valence-corrected chi connectivity index (χ3v) is 6.94. The fourth-order valence-electron chi connectivity index (χ4n) is 4.72. The molecule has 35 heavy (non-hydrogen) atoms. The molecule has 0 bridgehead atoms. The fourth-order valence-corrected chi connectivity index (χ4v) is 4.72. The lowest BCUT2D eigenvalue weighted by atomic mass is 9.40. The Morgan fingerprint density at radius 3 is 2.66 bits per heavy atom. The number of nitriles is 1. The van der Waals surface area contributed by atoms with Crippen LogP contribution in [0.1, 0.15) is 30.5 Å². The minimum Gasteiger partial charge on any atom is -0.490 e. The Hall–Kier alpha value is -2.89. The van der Waals surface area contributed by atoms with Crippen LogP contribution in [0.3, 0.4) is 0 Å². The zero-order valence-electron chi connectivity index (χ0n) is 21.6. The first kappa shape index (κ1) is 25.2. The molecule has 2 aromatic carbocycles. The van der Waals surface area contributed by atoms with E-state index in [0.717, 1.165) is 12.0 Å². The third kappa shape index (κ3) is 4.80. The molecular weight excluding hydrogens is 434 g/mol. The smallest absolute Gasteiger partial charge is 0.258 e. The van der Waals surface area contributed by atoms with Crippen LogP contribution in [0.15, 0.2) is 40.9 Å². The lowest BCUT2D eigenvalue weighted by molar-refractivity contribution is 0.197. The summed E-state index contributed by atoms with van der Waals surface area (Å²) in [7, 11) is 10.3. The lowest BCUT2D eigenvalue weighted by Gasteiger charge is -2.42. The van der Waals surface area contributed by atoms with Crippen molar-refractivity contribution in [3.63, 3.8) is 0 Å². The average molecular weight is 464 g/mol. The summed E-state index contributed by atoms with van der Waals surface area (Å²) in [5.74, 6) is 1.40. The van der Waals surface area contributed by atoms with Gasteiger partial charge in [0.15, 0.2) is 0 Å². The van der Waals surface area contributed by atoms with Crippen molar-refractivity contribution in [2.75, 3.05) is 6.54 Å². The SMILES string of the molecule is BC(B)(O)CN[C@]1(B)c2cccc(-c3noc(-c4ccc(OC(C)C)c(C#N)c4)n3)c2CC1(B)B. The number of fused-ring (bicyclic) bond motifs is 1. The monoisotopic (exact) mass is 464 g/mol. The van der Waals surface area contributed by atoms with Gasteiger partial charge < -0.3 is 19.7 Å². The van der Waals surface area contributed by atoms with Crippen LogP contribution in [-0.2, 0) is 11.9 Å². The van der Waals surface area contributed by atoms with Gasteiger partial charge in [-0.05, 0) is 49.6 Å². The molecule has 0 unspecified atom stereocenters. The van der Waals surface area contributed by atoms with Gasteiger partial charge in [-0.1, -0.05) is 28.6 Å². The zero-order chi connectivity index (χ0) is 25.6. The highest BCUT2D eigenvalue weighted by molar-refractivity contribution is 6.46. The second-order valence-electron chi connectivity index (χ2n) is 11.1. The van der Waals surface area contributed by atoms with Gasteiger partial charge in [-0.3, -0.25) is 0 Å². The van der Waals surface area contributed by atoms with Crippen molar-refractivity contribution >= 4 is 39.2 Å². The largest absolute Gasteiger partial charge is 0.490 e. The number of nitrogens with zero attached hydrogens (tertiary/aromatic N) is 3. The number of hydrogen-bond donors (Lipinski definition) is 2. The van der Waals surface area contributed by atoms with E-state index in [1.807, 2.05) is 47.7 Å². The van der Waals surface area contributed by atoms with E-state index >= 15 is 0 Å². The summed E-state index contributed by atoms with van der Waals surface area (Å²) >= 11 is 0. The molecule has 0 spiro atoms. The molecule has 0 aliphatic heterocycles. The summed E-state index contributed by atoms with van der Waals surface area (Å²) in [6.45, 7) is 4.31. The number of nitrogens with one attached hydrogen (secondary N) is 1. The van der Waals surface area contributed by atoms with Gasteiger partial charge in [0.05, 0.1) is 11.7 Å². The van der Waals surface area contributed by atoms with Gasteiger partial charge in [0.25, 0.3) is 5.89 Å². The van der Waals surface area contributed by atoms with Crippen LogP contribution in [0.25, 0.3) is 22.8 Å². The number of aromatic nitrogens is 2. The molecule has 3 aromatic rings. The van der Waals surface area contributed by atoms with Gasteiger partial charge in [0.2, 0.25) is 5.82 Å². The minimum atomic E-state index is -0.819. The molecule has 0 radical (unpaired) electrons. The second-order valence-corrected chi connectivity index (χ2v) is 11.1. The van der Waals surface area contributed by atoms with E-state index in [1.165, 1.54) is 11.1 Å². The fraction of sp³-hybridized carbons (Fsp3) is 0.348. The molecule has 2 N–H and O–H groups in total. The van der Waals surface area contributed by atoms with Crippen molar-refractivity contribution in [1.29, 1.82) is 5.26 Å². The van der Waals surface area contributed by atoms with E-state index < -0.39 is 5.40 Å². The summed E-state index contributed by atoms with van der Waals surface area (Å²) in [5.41, 5.74) is 4.04. The number of ether oxygens (including phenoxy) is 1. The van der Waals surface area contributed by atoms with Crippen LogP contribution in [-0.4, -0.2) is 72.5 Å². The van der Waals surface area contributed by atoms with Crippen LogP contribution >= 0.6 is 0 Å². The quantitative estimate of drug-likeness (QED) is 0.402. The van der Waals surface area contributed by atoms with Crippen LogP contribution in [0.5, 0.6) is 5.75 Å². The van der Waals surface area contributed by atoms with Crippen LogP contribution < -0.4 is 10.1 Å². The highest BCUT2D eigenvalue weighted by Gasteiger charge is 2.49. The maximum Gasteiger partial charge on any atom is 0.258 e. The zero-order valence-corrected chi connectivity index (χ0v) is 21.6. The molecule has 1 aromatic heterocycles. The Bertz CT molecular complexity index is 1300. The van der Waals surface area contributed by atoms with E-state index in [-0.39, 0.29) is 16.8 Å². The molecule has 1 atom stereocenters. The van der Waals surface area contributed by atoms with Crippen molar-refractivity contribution in [2.45, 2.75) is 42.4 Å². The lowest BCUT2D eigenvalue weighted by Crippen LogP contribution is -2.56. The highest BCUT2D eigenvalue weighted by atomic mass is 16.5. The number of hydrogen-bond acceptors (Lipinski definition) is 7. The predicted molar refractivity (Wildman–Crippen MR) is 149 cm³/mol. The Balaban J connectivity index is 1.70. The summed E-state index contributed by atoms with van der Waals surface area (Å²) in [6, 6.07) is 13.7. The number of benzene rings is 2. The van der Waals surface area contributed by atoms with E-state index in [0.29, 0.717) is 35.1 Å². The first-order valence-corrected chi connectivity index (χ1v) is 12.0. The molecular formula is C23H29B5N4O3. The summed E-state index contributed by atoms with van der Waals surface area (Å²) in [6.07, 6.45) is 0.799. The molecule has 7 nitrogen and oxygen atoms in total. The van der Waals surface area contributed by atoms with E-state index in [1.54, 1.807) is 12.1 Å². The van der Waals surface area contributed by atoms with Crippen molar-refractivity contribution < 1.29 is 14.4 Å². The average Bonchev–Trinajstić information content (AvgIpc) is 3.33. The standard InChI is InChI=1S/C23H29B5N4O3/c1-12(2)34-18-7-6-13(8-14(18)10-29)20-31-19(32-35-20)15-4-3-5-17-16(15)9-21(24,25)23(17,28)30-11-22(26,27)33/h3-8,12,30,33H,9,11,24-28H2,1-2H3/t23-/m1/s1. The predicted octanol–water partition coefficient (Wildman–Crippen LogP) is -1.71. The Kier molecular flexibility index (Phi) is 6.46. The molecule has 0 saturated carbocycles. The van der Waals surface area contributed by atoms with Gasteiger partial charge >= 0.3 is 0 Å². The molecule has 0 amide bonds. The van der Waals surface area contributed by atoms with Crippen LogP contribution in [0.2, 0.25) is 5.21 Å². The van der Waals surface area contributed by atoms with Crippen LogP contribution in [0.4, 0.5) is 0 Å². The Morgan fingerprint density at radius 1 is 1.26 bits per heavy atom. The molecule has 1 aliphatic carbocycles. The maximum atomic E-state index is 10.3. The van der Waals surface area contributed by atoms with Gasteiger partial charge in [0, 0.05) is 28.5 Å². The molecule has 1 aliphatic rings. The number of aliphatic hydroxyl groups is 1. The summed E-state index contributed by atoms with van der Waals surface area (Å²) in [4.78, 5) is 4.69. The Morgan fingerprint density at radius 2 is 2.00 bits per heavy atom. The Labute approximate surface area is 211 Å². The summed E-state index contributed by atoms with van der Waals surface area (Å²) in [5, 5.41) is 26.9. The second kappa shape index (κ2) is 8.96. The maximum absolute atomic E-state index is 10.3. The van der Waals surface area contributed by atoms with Crippen molar-refractivity contribution in [2.24, 2.45) is 0 Å².